The number of rotatable bonds is 9. The van der Waals surface area contributed by atoms with Crippen molar-refractivity contribution in [3.63, 3.8) is 0 Å². The van der Waals surface area contributed by atoms with E-state index in [1.54, 1.807) is 0 Å². The Kier molecular flexibility index (Phi) is 8.03. The van der Waals surface area contributed by atoms with Gasteiger partial charge in [0.25, 0.3) is 0 Å². The van der Waals surface area contributed by atoms with Gasteiger partial charge in [-0.3, -0.25) is 9.63 Å². The summed E-state index contributed by atoms with van der Waals surface area (Å²) in [4.78, 5) is 17.4. The average molecular weight is 322 g/mol. The summed E-state index contributed by atoms with van der Waals surface area (Å²) in [6.07, 6.45) is 2.54. The number of ether oxygens (including phenoxy) is 1. The second-order valence-electron chi connectivity index (χ2n) is 5.67. The summed E-state index contributed by atoms with van der Waals surface area (Å²) >= 11 is 0. The van der Waals surface area contributed by atoms with Crippen molar-refractivity contribution in [1.29, 1.82) is 0 Å². The maximum absolute atomic E-state index is 11.9. The lowest BCUT2D eigenvalue weighted by molar-refractivity contribution is -0.181. The molecule has 1 amide bonds. The van der Waals surface area contributed by atoms with Gasteiger partial charge in [-0.1, -0.05) is 30.3 Å². The largest absolute Gasteiger partial charge is 0.394 e. The first-order chi connectivity index (χ1) is 11.3. The third-order valence-corrected chi connectivity index (χ3v) is 3.68. The van der Waals surface area contributed by atoms with Crippen LogP contribution < -0.4 is 5.32 Å². The van der Waals surface area contributed by atoms with Crippen LogP contribution in [0.15, 0.2) is 30.3 Å². The SMILES string of the molecule is O=C(CCN1CCCCO1)N[C@H](CO)COCc1ccccc1. The third kappa shape index (κ3) is 7.09. The predicted octanol–water partition coefficient (Wildman–Crippen LogP) is 1.10. The van der Waals surface area contributed by atoms with E-state index < -0.39 is 0 Å². The number of hydrogen-bond donors (Lipinski definition) is 2. The van der Waals surface area contributed by atoms with Crippen molar-refractivity contribution in [1.82, 2.24) is 10.4 Å². The van der Waals surface area contributed by atoms with Crippen LogP contribution in [0, 0.1) is 0 Å². The zero-order valence-corrected chi connectivity index (χ0v) is 13.4. The molecule has 0 saturated carbocycles. The summed E-state index contributed by atoms with van der Waals surface area (Å²) in [5.74, 6) is -0.0958. The number of hydroxylamine groups is 2. The fourth-order valence-electron chi connectivity index (χ4n) is 2.38. The maximum atomic E-state index is 11.9. The van der Waals surface area contributed by atoms with Crippen molar-refractivity contribution < 1.29 is 19.5 Å². The number of nitrogens with one attached hydrogen (secondary N) is 1. The second kappa shape index (κ2) is 10.3. The minimum atomic E-state index is -0.381. The molecule has 0 bridgehead atoms. The number of aliphatic hydroxyl groups is 1. The quantitative estimate of drug-likeness (QED) is 0.712. The van der Waals surface area contributed by atoms with Crippen LogP contribution in [0.3, 0.4) is 0 Å². The van der Waals surface area contributed by atoms with Crippen molar-refractivity contribution in [3.05, 3.63) is 35.9 Å². The van der Waals surface area contributed by atoms with E-state index in [0.717, 1.165) is 31.6 Å². The van der Waals surface area contributed by atoms with Crippen LogP contribution >= 0.6 is 0 Å². The van der Waals surface area contributed by atoms with Crippen molar-refractivity contribution in [2.75, 3.05) is 32.9 Å². The molecule has 23 heavy (non-hydrogen) atoms. The topological polar surface area (TPSA) is 71.0 Å². The predicted molar refractivity (Wildman–Crippen MR) is 86.5 cm³/mol. The van der Waals surface area contributed by atoms with E-state index in [0.29, 0.717) is 19.6 Å². The van der Waals surface area contributed by atoms with E-state index in [-0.39, 0.29) is 25.2 Å². The lowest BCUT2D eigenvalue weighted by Crippen LogP contribution is -2.42. The van der Waals surface area contributed by atoms with Crippen molar-refractivity contribution in [2.45, 2.75) is 31.9 Å². The minimum Gasteiger partial charge on any atom is -0.394 e. The van der Waals surface area contributed by atoms with Gasteiger partial charge in [0, 0.05) is 19.5 Å². The molecule has 1 saturated heterocycles. The highest BCUT2D eigenvalue weighted by Crippen LogP contribution is 2.06. The molecule has 1 heterocycles. The summed E-state index contributed by atoms with van der Waals surface area (Å²) in [6.45, 7) is 2.80. The molecule has 0 radical (unpaired) electrons. The summed E-state index contributed by atoms with van der Waals surface area (Å²) in [5.41, 5.74) is 1.07. The van der Waals surface area contributed by atoms with E-state index >= 15 is 0 Å². The molecule has 1 aliphatic rings. The van der Waals surface area contributed by atoms with Gasteiger partial charge >= 0.3 is 0 Å². The Bertz CT molecular complexity index is 449. The minimum absolute atomic E-state index is 0.0958. The molecule has 0 spiro atoms. The van der Waals surface area contributed by atoms with Crippen molar-refractivity contribution in [2.24, 2.45) is 0 Å². The van der Waals surface area contributed by atoms with Crippen LogP contribution in [0.4, 0.5) is 0 Å². The molecule has 0 unspecified atom stereocenters. The monoisotopic (exact) mass is 322 g/mol. The van der Waals surface area contributed by atoms with Gasteiger partial charge in [0.1, 0.15) is 0 Å². The van der Waals surface area contributed by atoms with Crippen LogP contribution in [-0.2, 0) is 21.0 Å². The Hall–Kier alpha value is -1.47. The number of nitrogens with zero attached hydrogens (tertiary/aromatic N) is 1. The first-order valence-corrected chi connectivity index (χ1v) is 8.17. The molecule has 1 fully saturated rings. The van der Waals surface area contributed by atoms with E-state index in [2.05, 4.69) is 5.32 Å². The standard InChI is InChI=1S/C17H26N2O4/c20-12-16(14-22-13-15-6-2-1-3-7-15)18-17(21)8-10-19-9-4-5-11-23-19/h1-3,6-7,16,20H,4-5,8-14H2,(H,18,21)/t16-/m1/s1. The van der Waals surface area contributed by atoms with Gasteiger partial charge in [-0.25, -0.2) is 0 Å². The van der Waals surface area contributed by atoms with E-state index in [4.69, 9.17) is 9.57 Å². The maximum Gasteiger partial charge on any atom is 0.221 e. The highest BCUT2D eigenvalue weighted by Gasteiger charge is 2.15. The molecule has 1 aromatic carbocycles. The molecule has 128 valence electrons. The zero-order valence-electron chi connectivity index (χ0n) is 13.4. The number of aliphatic hydroxyl groups excluding tert-OH is 1. The number of carbonyl (C=O) groups excluding carboxylic acids is 1. The van der Waals surface area contributed by atoms with Crippen LogP contribution in [0.1, 0.15) is 24.8 Å². The fourth-order valence-corrected chi connectivity index (χ4v) is 2.38. The molecule has 0 aliphatic carbocycles. The molecule has 0 aromatic heterocycles. The average Bonchev–Trinajstić information content (AvgIpc) is 2.61. The summed E-state index contributed by atoms with van der Waals surface area (Å²) < 4.78 is 5.56. The third-order valence-electron chi connectivity index (χ3n) is 3.68. The van der Waals surface area contributed by atoms with Gasteiger partial charge in [-0.2, -0.15) is 5.06 Å². The van der Waals surface area contributed by atoms with Crippen molar-refractivity contribution >= 4 is 5.91 Å². The Morgan fingerprint density at radius 2 is 2.17 bits per heavy atom. The van der Waals surface area contributed by atoms with Gasteiger partial charge < -0.3 is 15.2 Å². The number of carbonyl (C=O) groups is 1. The van der Waals surface area contributed by atoms with Gasteiger partial charge in [-0.15, -0.1) is 0 Å². The molecule has 2 N–H and O–H groups in total. The molecule has 1 atom stereocenters. The first-order valence-electron chi connectivity index (χ1n) is 8.17. The molecule has 6 nitrogen and oxygen atoms in total. The molecule has 2 rings (SSSR count). The van der Waals surface area contributed by atoms with E-state index in [1.165, 1.54) is 0 Å². The van der Waals surface area contributed by atoms with Crippen LogP contribution in [-0.4, -0.2) is 55.0 Å². The molecule has 1 aliphatic heterocycles. The zero-order chi connectivity index (χ0) is 16.3. The number of amides is 1. The van der Waals surface area contributed by atoms with Gasteiger partial charge in [-0.05, 0) is 18.4 Å². The lowest BCUT2D eigenvalue weighted by atomic mass is 10.2. The highest BCUT2D eigenvalue weighted by atomic mass is 16.7. The Morgan fingerprint density at radius 1 is 1.35 bits per heavy atom. The van der Waals surface area contributed by atoms with E-state index in [9.17, 15) is 9.90 Å². The first kappa shape index (κ1) is 17.9. The summed E-state index contributed by atoms with van der Waals surface area (Å²) in [5, 5.41) is 14.0. The molecular formula is C17H26N2O4. The van der Waals surface area contributed by atoms with Crippen LogP contribution in [0.25, 0.3) is 0 Å². The molecular weight excluding hydrogens is 296 g/mol. The Labute approximate surface area is 137 Å². The fraction of sp³-hybridized carbons (Fsp3) is 0.588. The molecule has 1 aromatic rings. The van der Waals surface area contributed by atoms with Crippen LogP contribution in [0.5, 0.6) is 0 Å². The number of hydrogen-bond acceptors (Lipinski definition) is 5. The van der Waals surface area contributed by atoms with Crippen LogP contribution in [0.2, 0.25) is 0 Å². The Morgan fingerprint density at radius 3 is 2.87 bits per heavy atom. The second-order valence-corrected chi connectivity index (χ2v) is 5.67. The molecule has 6 heteroatoms. The number of benzene rings is 1. The smallest absolute Gasteiger partial charge is 0.221 e. The van der Waals surface area contributed by atoms with Gasteiger partial charge in [0.15, 0.2) is 0 Å². The Balaban J connectivity index is 1.61. The normalized spacial score (nSPS) is 16.9. The summed E-state index contributed by atoms with van der Waals surface area (Å²) in [6, 6.07) is 9.43. The van der Waals surface area contributed by atoms with E-state index in [1.807, 2.05) is 35.4 Å². The van der Waals surface area contributed by atoms with Crippen molar-refractivity contribution in [3.8, 4) is 0 Å². The summed E-state index contributed by atoms with van der Waals surface area (Å²) in [7, 11) is 0. The van der Waals surface area contributed by atoms with Gasteiger partial charge in [0.2, 0.25) is 5.91 Å². The highest BCUT2D eigenvalue weighted by molar-refractivity contribution is 5.76. The lowest BCUT2D eigenvalue weighted by Gasteiger charge is -2.26. The van der Waals surface area contributed by atoms with Gasteiger partial charge in [0.05, 0.1) is 32.5 Å².